The van der Waals surface area contributed by atoms with E-state index in [0.29, 0.717) is 21.8 Å². The summed E-state index contributed by atoms with van der Waals surface area (Å²) in [5, 5.41) is 9.55. The lowest BCUT2D eigenvalue weighted by Gasteiger charge is -2.34. The van der Waals surface area contributed by atoms with Gasteiger partial charge in [-0.2, -0.15) is 9.78 Å². The van der Waals surface area contributed by atoms with Gasteiger partial charge in [-0.25, -0.2) is 9.48 Å². The number of halogens is 1. The van der Waals surface area contributed by atoms with Crippen LogP contribution in [0.5, 0.6) is 0 Å². The summed E-state index contributed by atoms with van der Waals surface area (Å²) in [4.78, 5) is 28.9. The van der Waals surface area contributed by atoms with E-state index in [1.165, 1.54) is 21.1 Å². The van der Waals surface area contributed by atoms with E-state index in [1.807, 2.05) is 24.3 Å². The van der Waals surface area contributed by atoms with Crippen LogP contribution in [0, 0.1) is 0 Å². The summed E-state index contributed by atoms with van der Waals surface area (Å²) in [6.45, 7) is -0.0146. The summed E-state index contributed by atoms with van der Waals surface area (Å²) in [5.74, 6) is -0.000523. The fourth-order valence-electron chi connectivity index (χ4n) is 3.68. The van der Waals surface area contributed by atoms with E-state index in [0.717, 1.165) is 12.8 Å². The van der Waals surface area contributed by atoms with Gasteiger partial charge in [0.25, 0.3) is 5.56 Å². The smallest absolute Gasteiger partial charge is 0.390 e. The molecular formula is C20H16ClN5O3. The van der Waals surface area contributed by atoms with E-state index in [9.17, 15) is 9.59 Å². The van der Waals surface area contributed by atoms with Crippen LogP contribution in [0.3, 0.4) is 0 Å². The van der Waals surface area contributed by atoms with Gasteiger partial charge in [0.1, 0.15) is 6.54 Å². The molecule has 3 aromatic heterocycles. The predicted octanol–water partition coefficient (Wildman–Crippen LogP) is 2.76. The quantitative estimate of drug-likeness (QED) is 0.514. The molecule has 1 aromatic carbocycles. The Morgan fingerprint density at radius 1 is 1.14 bits per heavy atom. The third-order valence-electron chi connectivity index (χ3n) is 5.32. The maximum absolute atomic E-state index is 12.5. The van der Waals surface area contributed by atoms with Gasteiger partial charge in [0, 0.05) is 11.2 Å². The number of hydrogen-bond donors (Lipinski definition) is 0. The second kappa shape index (κ2) is 6.97. The van der Waals surface area contributed by atoms with Crippen LogP contribution in [0.1, 0.15) is 36.3 Å². The van der Waals surface area contributed by atoms with Crippen molar-refractivity contribution in [2.45, 2.75) is 31.3 Å². The third kappa shape index (κ3) is 3.25. The summed E-state index contributed by atoms with van der Waals surface area (Å²) >= 11 is 5.93. The Morgan fingerprint density at radius 3 is 2.72 bits per heavy atom. The topological polar surface area (TPSA) is 95.8 Å². The Balaban J connectivity index is 1.34. The molecule has 0 spiro atoms. The molecule has 9 heteroatoms. The number of fused-ring (bicyclic) bond motifs is 1. The second-order valence-corrected chi connectivity index (χ2v) is 7.56. The maximum atomic E-state index is 12.5. The van der Waals surface area contributed by atoms with Crippen molar-refractivity contribution in [2.24, 2.45) is 0 Å². The minimum absolute atomic E-state index is 0.0146. The van der Waals surface area contributed by atoms with Crippen LogP contribution in [0.25, 0.3) is 10.9 Å². The zero-order valence-electron chi connectivity index (χ0n) is 15.2. The van der Waals surface area contributed by atoms with Crippen LogP contribution in [0.15, 0.2) is 62.8 Å². The Bertz CT molecular complexity index is 1300. The Kier molecular flexibility index (Phi) is 4.28. The summed E-state index contributed by atoms with van der Waals surface area (Å²) in [6.07, 6.45) is 4.71. The van der Waals surface area contributed by atoms with Gasteiger partial charge in [-0.15, -0.1) is 5.10 Å². The molecule has 5 rings (SSSR count). The number of nitrogens with zero attached hydrogens (tertiary/aromatic N) is 5. The zero-order valence-corrected chi connectivity index (χ0v) is 16.0. The molecule has 1 saturated carbocycles. The van der Waals surface area contributed by atoms with Crippen molar-refractivity contribution in [3.8, 4) is 0 Å². The van der Waals surface area contributed by atoms with E-state index in [-0.39, 0.29) is 24.0 Å². The number of benzene rings is 1. The molecule has 0 aliphatic heterocycles. The fraction of sp³-hybridized carbons (Fsp3) is 0.250. The normalized spacial score (nSPS) is 18.7. The van der Waals surface area contributed by atoms with Crippen molar-refractivity contribution >= 4 is 22.5 Å². The van der Waals surface area contributed by atoms with E-state index >= 15 is 0 Å². The molecule has 0 saturated heterocycles. The van der Waals surface area contributed by atoms with Crippen LogP contribution in [-0.4, -0.2) is 24.5 Å². The van der Waals surface area contributed by atoms with Gasteiger partial charge in [-0.05, 0) is 48.6 Å². The lowest BCUT2D eigenvalue weighted by molar-refractivity contribution is 0.233. The maximum Gasteiger partial charge on any atom is 0.437 e. The highest BCUT2D eigenvalue weighted by Crippen LogP contribution is 2.43. The minimum atomic E-state index is -0.518. The van der Waals surface area contributed by atoms with Crippen LogP contribution < -0.4 is 11.3 Å². The number of hydrogen-bond acceptors (Lipinski definition) is 6. The first-order valence-electron chi connectivity index (χ1n) is 9.23. The lowest BCUT2D eigenvalue weighted by Crippen LogP contribution is -2.31. The standard InChI is InChI=1S/C20H16ClN5O3/c21-14-5-3-12(4-6-14)13-8-15(9-13)26-20(28)29-18(24-26)11-25-19(27)16-2-1-7-22-17(16)10-23-25/h1-7,10,13,15H,8-9,11H2/t13-,15-. The molecule has 0 atom stereocenters. The summed E-state index contributed by atoms with van der Waals surface area (Å²) in [6, 6.07) is 11.1. The highest BCUT2D eigenvalue weighted by atomic mass is 35.5. The van der Waals surface area contributed by atoms with E-state index in [4.69, 9.17) is 16.0 Å². The Labute approximate surface area is 169 Å². The van der Waals surface area contributed by atoms with Crippen molar-refractivity contribution in [1.29, 1.82) is 0 Å². The molecule has 0 bridgehead atoms. The molecule has 1 fully saturated rings. The van der Waals surface area contributed by atoms with Crippen molar-refractivity contribution in [3.63, 3.8) is 0 Å². The summed E-state index contributed by atoms with van der Waals surface area (Å²) in [7, 11) is 0. The molecule has 1 aliphatic rings. The lowest BCUT2D eigenvalue weighted by atomic mass is 9.76. The molecule has 0 N–H and O–H groups in total. The summed E-state index contributed by atoms with van der Waals surface area (Å²) < 4.78 is 7.85. The zero-order chi connectivity index (χ0) is 20.0. The largest absolute Gasteiger partial charge is 0.437 e. The first kappa shape index (κ1) is 17.8. The van der Waals surface area contributed by atoms with Gasteiger partial charge in [0.05, 0.1) is 23.1 Å². The SMILES string of the molecule is O=c1c2cccnc2cnn1Cc1nn([C@H]2C[C@H](c3ccc(Cl)cc3)C2)c(=O)o1. The number of pyridine rings is 1. The molecule has 3 heterocycles. The number of rotatable bonds is 4. The highest BCUT2D eigenvalue weighted by Gasteiger charge is 2.34. The fourth-order valence-corrected chi connectivity index (χ4v) is 3.80. The molecule has 4 aromatic rings. The molecule has 8 nitrogen and oxygen atoms in total. The van der Waals surface area contributed by atoms with Gasteiger partial charge in [0.15, 0.2) is 0 Å². The molecule has 1 aliphatic carbocycles. The predicted molar refractivity (Wildman–Crippen MR) is 106 cm³/mol. The van der Waals surface area contributed by atoms with Crippen molar-refractivity contribution in [1.82, 2.24) is 24.5 Å². The van der Waals surface area contributed by atoms with Gasteiger partial charge in [-0.1, -0.05) is 23.7 Å². The van der Waals surface area contributed by atoms with E-state index in [2.05, 4.69) is 15.2 Å². The van der Waals surface area contributed by atoms with E-state index in [1.54, 1.807) is 18.3 Å². The van der Waals surface area contributed by atoms with Crippen molar-refractivity contribution in [3.05, 3.63) is 86.2 Å². The Morgan fingerprint density at radius 2 is 1.93 bits per heavy atom. The van der Waals surface area contributed by atoms with Crippen LogP contribution in [0.4, 0.5) is 0 Å². The molecule has 146 valence electrons. The average molecular weight is 410 g/mol. The highest BCUT2D eigenvalue weighted by molar-refractivity contribution is 6.30. The monoisotopic (exact) mass is 409 g/mol. The third-order valence-corrected chi connectivity index (χ3v) is 5.57. The van der Waals surface area contributed by atoms with Crippen LogP contribution in [0.2, 0.25) is 5.02 Å². The Hall–Kier alpha value is -3.26. The van der Waals surface area contributed by atoms with Crippen molar-refractivity contribution < 1.29 is 4.42 Å². The summed E-state index contributed by atoms with van der Waals surface area (Å²) in [5.41, 5.74) is 1.41. The van der Waals surface area contributed by atoms with Crippen LogP contribution in [-0.2, 0) is 6.54 Å². The molecular weight excluding hydrogens is 394 g/mol. The molecule has 0 unspecified atom stereocenters. The van der Waals surface area contributed by atoms with E-state index < -0.39 is 5.76 Å². The van der Waals surface area contributed by atoms with Crippen molar-refractivity contribution in [2.75, 3.05) is 0 Å². The van der Waals surface area contributed by atoms with Crippen LogP contribution >= 0.6 is 11.6 Å². The van der Waals surface area contributed by atoms with Gasteiger partial charge in [-0.3, -0.25) is 9.78 Å². The van der Waals surface area contributed by atoms with Gasteiger partial charge in [0.2, 0.25) is 5.89 Å². The van der Waals surface area contributed by atoms with Gasteiger partial charge >= 0.3 is 5.76 Å². The molecule has 0 amide bonds. The minimum Gasteiger partial charge on any atom is -0.390 e. The molecule has 0 radical (unpaired) electrons. The molecule has 29 heavy (non-hydrogen) atoms. The second-order valence-electron chi connectivity index (χ2n) is 7.12. The number of aromatic nitrogens is 5. The first-order valence-corrected chi connectivity index (χ1v) is 9.61. The van der Waals surface area contributed by atoms with Gasteiger partial charge < -0.3 is 4.42 Å². The first-order chi connectivity index (χ1) is 14.1. The average Bonchev–Trinajstić information content (AvgIpc) is 3.04.